The molecule has 0 heterocycles. The summed E-state index contributed by atoms with van der Waals surface area (Å²) in [6.07, 6.45) is 9.53. The zero-order valence-electron chi connectivity index (χ0n) is 7.20. The molecule has 0 unspecified atom stereocenters. The van der Waals surface area contributed by atoms with E-state index in [9.17, 15) is 0 Å². The lowest BCUT2D eigenvalue weighted by Crippen LogP contribution is -1.76. The highest BCUT2D eigenvalue weighted by Gasteiger charge is 1.94. The van der Waals surface area contributed by atoms with Crippen molar-refractivity contribution in [3.05, 3.63) is 60.2 Å². The molecule has 0 aliphatic rings. The van der Waals surface area contributed by atoms with E-state index in [1.54, 1.807) is 30.4 Å². The van der Waals surface area contributed by atoms with E-state index in [-0.39, 0.29) is 0 Å². The molecule has 0 saturated heterocycles. The predicted molar refractivity (Wildman–Crippen MR) is 57.2 cm³/mol. The fraction of sp³-hybridized carbons (Fsp3) is 0. The van der Waals surface area contributed by atoms with E-state index in [1.807, 2.05) is 6.07 Å². The van der Waals surface area contributed by atoms with Gasteiger partial charge in [0.05, 0.1) is 6.07 Å². The first-order chi connectivity index (χ1) is 6.26. The van der Waals surface area contributed by atoms with Gasteiger partial charge in [0.1, 0.15) is 0 Å². The maximum atomic E-state index is 8.32. The molecular weight excluding hydrogens is 182 g/mol. The van der Waals surface area contributed by atoms with Crippen LogP contribution in [0.25, 0.3) is 0 Å². The van der Waals surface area contributed by atoms with Gasteiger partial charge in [0.15, 0.2) is 0 Å². The Balaban J connectivity index is 4.84. The van der Waals surface area contributed by atoms with Crippen LogP contribution in [0.5, 0.6) is 0 Å². The van der Waals surface area contributed by atoms with Gasteiger partial charge in [-0.1, -0.05) is 43.0 Å². The minimum atomic E-state index is 0.529. The van der Waals surface area contributed by atoms with Gasteiger partial charge in [-0.2, -0.15) is 5.26 Å². The molecule has 0 aliphatic carbocycles. The summed E-state index contributed by atoms with van der Waals surface area (Å²) in [6.45, 7) is 7.07. The lowest BCUT2D eigenvalue weighted by Gasteiger charge is -1.96. The molecule has 0 bridgehead atoms. The summed E-state index contributed by atoms with van der Waals surface area (Å²) >= 11 is 5.87. The Labute approximate surface area is 83.6 Å². The molecule has 66 valence electrons. The van der Waals surface area contributed by atoms with Gasteiger partial charge in [0.2, 0.25) is 0 Å². The molecule has 0 aliphatic heterocycles. The van der Waals surface area contributed by atoms with Gasteiger partial charge in [-0.05, 0) is 17.7 Å². The molecule has 0 aromatic heterocycles. The van der Waals surface area contributed by atoms with E-state index in [2.05, 4.69) is 13.2 Å². The van der Waals surface area contributed by atoms with Crippen molar-refractivity contribution in [3.63, 3.8) is 0 Å². The highest BCUT2D eigenvalue weighted by molar-refractivity contribution is 6.32. The topological polar surface area (TPSA) is 23.8 Å². The standard InChI is InChI=1S/C11H10ClN/c1-3-6-10(8-5-9-13)11(12)7-4-2/h3-8H,1-2H2. The van der Waals surface area contributed by atoms with Crippen molar-refractivity contribution in [2.75, 3.05) is 0 Å². The van der Waals surface area contributed by atoms with E-state index in [4.69, 9.17) is 16.9 Å². The average Bonchev–Trinajstić information content (AvgIpc) is 2.12. The molecule has 0 aromatic rings. The van der Waals surface area contributed by atoms with Gasteiger partial charge in [-0.15, -0.1) is 0 Å². The summed E-state index contributed by atoms with van der Waals surface area (Å²) in [6, 6.07) is 1.89. The van der Waals surface area contributed by atoms with Crippen LogP contribution < -0.4 is 0 Å². The van der Waals surface area contributed by atoms with Crippen molar-refractivity contribution in [2.45, 2.75) is 0 Å². The Kier molecular flexibility index (Phi) is 6.31. The quantitative estimate of drug-likeness (QED) is 0.493. The molecule has 0 N–H and O–H groups in total. The number of nitriles is 1. The zero-order chi connectivity index (χ0) is 10.1. The van der Waals surface area contributed by atoms with Crippen LogP contribution in [0, 0.1) is 11.3 Å². The van der Waals surface area contributed by atoms with E-state index >= 15 is 0 Å². The van der Waals surface area contributed by atoms with Gasteiger partial charge in [-0.3, -0.25) is 0 Å². The maximum Gasteiger partial charge on any atom is 0.0912 e. The summed E-state index contributed by atoms with van der Waals surface area (Å²) in [7, 11) is 0. The minimum Gasteiger partial charge on any atom is -0.193 e. The van der Waals surface area contributed by atoms with Gasteiger partial charge in [0, 0.05) is 11.1 Å². The first-order valence-electron chi connectivity index (χ1n) is 3.63. The van der Waals surface area contributed by atoms with Crippen molar-refractivity contribution in [3.8, 4) is 6.07 Å². The third kappa shape index (κ3) is 4.84. The summed E-state index contributed by atoms with van der Waals surface area (Å²) in [4.78, 5) is 0. The van der Waals surface area contributed by atoms with Gasteiger partial charge < -0.3 is 0 Å². The molecular formula is C11H10ClN. The SMILES string of the molecule is C=CC=C(Cl)C(C=CC#N)=CC=C. The van der Waals surface area contributed by atoms with Crippen molar-refractivity contribution in [2.24, 2.45) is 0 Å². The molecule has 0 fully saturated rings. The molecule has 0 amide bonds. The van der Waals surface area contributed by atoms with Crippen LogP contribution in [0.1, 0.15) is 0 Å². The Bertz CT molecular complexity index is 313. The van der Waals surface area contributed by atoms with Crippen LogP contribution in [0.2, 0.25) is 0 Å². The summed E-state index contributed by atoms with van der Waals surface area (Å²) in [5.74, 6) is 0. The second-order valence-corrected chi connectivity index (χ2v) is 2.48. The van der Waals surface area contributed by atoms with Crippen LogP contribution >= 0.6 is 11.6 Å². The smallest absolute Gasteiger partial charge is 0.0912 e. The lowest BCUT2D eigenvalue weighted by atomic mass is 10.2. The molecule has 0 aromatic carbocycles. The van der Waals surface area contributed by atoms with Crippen LogP contribution in [-0.2, 0) is 0 Å². The number of nitrogens with zero attached hydrogens (tertiary/aromatic N) is 1. The molecule has 0 rings (SSSR count). The number of rotatable bonds is 4. The van der Waals surface area contributed by atoms with E-state index in [0.29, 0.717) is 5.03 Å². The molecule has 1 nitrogen and oxygen atoms in total. The van der Waals surface area contributed by atoms with Crippen LogP contribution in [-0.4, -0.2) is 0 Å². The van der Waals surface area contributed by atoms with Crippen LogP contribution in [0.3, 0.4) is 0 Å². The number of halogens is 1. The van der Waals surface area contributed by atoms with Crippen molar-refractivity contribution in [1.82, 2.24) is 0 Å². The van der Waals surface area contributed by atoms with Crippen molar-refractivity contribution < 1.29 is 0 Å². The molecule has 2 heteroatoms. The molecule has 0 atom stereocenters. The van der Waals surface area contributed by atoms with Crippen LogP contribution in [0.4, 0.5) is 0 Å². The first kappa shape index (κ1) is 11.5. The number of allylic oxidation sites excluding steroid dienone is 8. The van der Waals surface area contributed by atoms with Crippen LogP contribution in [0.15, 0.2) is 60.2 Å². The second kappa shape index (κ2) is 7.15. The van der Waals surface area contributed by atoms with Gasteiger partial charge >= 0.3 is 0 Å². The molecule has 13 heavy (non-hydrogen) atoms. The summed E-state index contributed by atoms with van der Waals surface area (Å²) < 4.78 is 0. The zero-order valence-corrected chi connectivity index (χ0v) is 7.96. The predicted octanol–water partition coefficient (Wildman–Crippen LogP) is 3.49. The third-order valence-corrected chi connectivity index (χ3v) is 1.52. The highest BCUT2D eigenvalue weighted by Crippen LogP contribution is 2.16. The molecule has 0 radical (unpaired) electrons. The fourth-order valence-corrected chi connectivity index (χ4v) is 0.884. The van der Waals surface area contributed by atoms with E-state index in [0.717, 1.165) is 5.57 Å². The Morgan fingerprint density at radius 3 is 2.31 bits per heavy atom. The van der Waals surface area contributed by atoms with E-state index in [1.165, 1.54) is 6.08 Å². The molecule has 0 spiro atoms. The minimum absolute atomic E-state index is 0.529. The monoisotopic (exact) mass is 191 g/mol. The second-order valence-electron chi connectivity index (χ2n) is 2.07. The van der Waals surface area contributed by atoms with E-state index < -0.39 is 0 Å². The lowest BCUT2D eigenvalue weighted by molar-refractivity contribution is 1.53. The number of hydrogen-bond acceptors (Lipinski definition) is 1. The largest absolute Gasteiger partial charge is 0.193 e. The first-order valence-corrected chi connectivity index (χ1v) is 4.01. The maximum absolute atomic E-state index is 8.32. The average molecular weight is 192 g/mol. The summed E-state index contributed by atoms with van der Waals surface area (Å²) in [5.41, 5.74) is 0.734. The third-order valence-electron chi connectivity index (χ3n) is 1.17. The number of hydrogen-bond donors (Lipinski definition) is 0. The normalized spacial score (nSPS) is 12.6. The summed E-state index contributed by atoms with van der Waals surface area (Å²) in [5, 5.41) is 8.85. The Morgan fingerprint density at radius 1 is 1.23 bits per heavy atom. The van der Waals surface area contributed by atoms with Crippen molar-refractivity contribution in [1.29, 1.82) is 5.26 Å². The highest BCUT2D eigenvalue weighted by atomic mass is 35.5. The van der Waals surface area contributed by atoms with Crippen molar-refractivity contribution >= 4 is 11.6 Å². The van der Waals surface area contributed by atoms with Gasteiger partial charge in [-0.25, -0.2) is 0 Å². The fourth-order valence-electron chi connectivity index (χ4n) is 0.668. The Hall–Kier alpha value is -1.52. The Morgan fingerprint density at radius 2 is 1.85 bits per heavy atom. The molecule has 0 saturated carbocycles. The van der Waals surface area contributed by atoms with Gasteiger partial charge in [0.25, 0.3) is 0 Å².